The van der Waals surface area contributed by atoms with Gasteiger partial charge in [0.15, 0.2) is 0 Å². The molecule has 0 saturated carbocycles. The molecule has 2 heterocycles. The molecule has 0 unspecified atom stereocenters. The number of rotatable bonds is 4. The molecule has 1 N–H and O–H groups in total. The minimum atomic E-state index is -0.755. The highest BCUT2D eigenvalue weighted by molar-refractivity contribution is 6.39. The number of aromatic nitrogens is 1. The molecule has 0 aliphatic carbocycles. The summed E-state index contributed by atoms with van der Waals surface area (Å²) < 4.78 is 2.08. The Balaban J connectivity index is 1.49. The monoisotopic (exact) mass is 475 g/mol. The summed E-state index contributed by atoms with van der Waals surface area (Å²) in [5.74, 6) is -1.35. The van der Waals surface area contributed by atoms with Crippen LogP contribution in [-0.2, 0) is 9.59 Å². The number of carbonyl (C=O) groups is 3. The van der Waals surface area contributed by atoms with E-state index in [4.69, 9.17) is 0 Å². The molecule has 1 fully saturated rings. The molecule has 0 spiro atoms. The second-order valence-corrected chi connectivity index (χ2v) is 8.87. The number of aryl methyl sites for hydroxylation is 2. The zero-order valence-corrected chi connectivity index (χ0v) is 20.3. The number of anilines is 1. The quantitative estimate of drug-likeness (QED) is 0.302. The molecule has 36 heavy (non-hydrogen) atoms. The van der Waals surface area contributed by atoms with E-state index in [9.17, 15) is 14.4 Å². The van der Waals surface area contributed by atoms with E-state index < -0.39 is 17.8 Å². The van der Waals surface area contributed by atoms with Crippen LogP contribution in [-0.4, -0.2) is 22.4 Å². The SMILES string of the molecule is Cc1ccc(N2C(=O)NC(=O)/C(=C\c3cc(C)n(-c4ccc(-c5ccccc5)cc4)c3C)C2=O)cc1. The lowest BCUT2D eigenvalue weighted by atomic mass is 10.1. The van der Waals surface area contributed by atoms with Gasteiger partial charge in [-0.25, -0.2) is 9.69 Å². The van der Waals surface area contributed by atoms with Gasteiger partial charge in [-0.1, -0.05) is 60.2 Å². The molecule has 1 aliphatic heterocycles. The van der Waals surface area contributed by atoms with E-state index in [2.05, 4.69) is 46.3 Å². The van der Waals surface area contributed by atoms with Gasteiger partial charge in [-0.3, -0.25) is 14.9 Å². The van der Waals surface area contributed by atoms with Crippen LogP contribution < -0.4 is 10.2 Å². The van der Waals surface area contributed by atoms with Gasteiger partial charge in [0.05, 0.1) is 5.69 Å². The molecule has 6 heteroatoms. The average molecular weight is 476 g/mol. The molecule has 0 atom stereocenters. The lowest BCUT2D eigenvalue weighted by Gasteiger charge is -2.26. The highest BCUT2D eigenvalue weighted by atomic mass is 16.2. The molecule has 0 bridgehead atoms. The fourth-order valence-electron chi connectivity index (χ4n) is 4.51. The number of urea groups is 1. The maximum atomic E-state index is 13.3. The molecule has 6 nitrogen and oxygen atoms in total. The van der Waals surface area contributed by atoms with Crippen LogP contribution in [0.25, 0.3) is 22.9 Å². The second kappa shape index (κ2) is 9.15. The number of benzene rings is 3. The number of carbonyl (C=O) groups excluding carboxylic acids is 3. The summed E-state index contributed by atoms with van der Waals surface area (Å²) in [7, 11) is 0. The van der Waals surface area contributed by atoms with E-state index in [1.807, 2.05) is 57.2 Å². The summed E-state index contributed by atoms with van der Waals surface area (Å²) >= 11 is 0. The van der Waals surface area contributed by atoms with Gasteiger partial charge in [-0.15, -0.1) is 0 Å². The standard InChI is InChI=1S/C30H25N3O3/c1-19-9-13-26(14-10-19)33-29(35)27(28(34)31-30(33)36)18-24-17-20(2)32(21(24)3)25-15-11-23(12-16-25)22-7-5-4-6-8-22/h4-18H,1-3H3,(H,31,34,36)/b27-18+. The fraction of sp³-hybridized carbons (Fsp3) is 0.100. The lowest BCUT2D eigenvalue weighted by molar-refractivity contribution is -0.122. The summed E-state index contributed by atoms with van der Waals surface area (Å²) in [5, 5.41) is 2.29. The highest BCUT2D eigenvalue weighted by Gasteiger charge is 2.37. The number of imide groups is 2. The Morgan fingerprint density at radius 1 is 0.722 bits per heavy atom. The average Bonchev–Trinajstić information content (AvgIpc) is 3.16. The van der Waals surface area contributed by atoms with Gasteiger partial charge in [0.1, 0.15) is 5.57 Å². The minimum Gasteiger partial charge on any atom is -0.318 e. The smallest absolute Gasteiger partial charge is 0.318 e. The Bertz CT molecular complexity index is 1510. The first kappa shape index (κ1) is 23.1. The Hall–Kier alpha value is -4.71. The molecule has 3 aromatic carbocycles. The fourth-order valence-corrected chi connectivity index (χ4v) is 4.51. The Labute approximate surface area is 209 Å². The van der Waals surface area contributed by atoms with Crippen molar-refractivity contribution in [3.05, 3.63) is 113 Å². The van der Waals surface area contributed by atoms with Crippen molar-refractivity contribution in [1.29, 1.82) is 0 Å². The third-order valence-corrected chi connectivity index (χ3v) is 6.40. The van der Waals surface area contributed by atoms with E-state index in [0.29, 0.717) is 5.69 Å². The first-order valence-corrected chi connectivity index (χ1v) is 11.7. The number of hydrogen-bond donors (Lipinski definition) is 1. The molecule has 4 amide bonds. The van der Waals surface area contributed by atoms with E-state index in [1.54, 1.807) is 18.2 Å². The van der Waals surface area contributed by atoms with Crippen LogP contribution in [0, 0.1) is 20.8 Å². The number of barbiturate groups is 1. The predicted molar refractivity (Wildman–Crippen MR) is 141 cm³/mol. The summed E-state index contributed by atoms with van der Waals surface area (Å²) in [5.41, 5.74) is 7.13. The van der Waals surface area contributed by atoms with Gasteiger partial charge in [-0.2, -0.15) is 0 Å². The zero-order valence-electron chi connectivity index (χ0n) is 20.3. The number of nitrogens with zero attached hydrogens (tertiary/aromatic N) is 2. The van der Waals surface area contributed by atoms with E-state index in [0.717, 1.165) is 44.2 Å². The van der Waals surface area contributed by atoms with Crippen molar-refractivity contribution >= 4 is 29.6 Å². The molecular formula is C30H25N3O3. The van der Waals surface area contributed by atoms with Gasteiger partial charge in [0, 0.05) is 17.1 Å². The molecule has 4 aromatic rings. The van der Waals surface area contributed by atoms with Crippen molar-refractivity contribution in [1.82, 2.24) is 9.88 Å². The van der Waals surface area contributed by atoms with Crippen molar-refractivity contribution < 1.29 is 14.4 Å². The van der Waals surface area contributed by atoms with Crippen LogP contribution in [0.3, 0.4) is 0 Å². The predicted octanol–water partition coefficient (Wildman–Crippen LogP) is 5.74. The van der Waals surface area contributed by atoms with Crippen LogP contribution >= 0.6 is 0 Å². The third kappa shape index (κ3) is 4.14. The van der Waals surface area contributed by atoms with Crippen LogP contribution in [0.1, 0.15) is 22.5 Å². The first-order chi connectivity index (χ1) is 17.3. The maximum Gasteiger partial charge on any atom is 0.335 e. The number of hydrogen-bond acceptors (Lipinski definition) is 3. The summed E-state index contributed by atoms with van der Waals surface area (Å²) in [4.78, 5) is 39.4. The summed E-state index contributed by atoms with van der Waals surface area (Å²) in [6, 6.07) is 26.6. The van der Waals surface area contributed by atoms with Crippen LogP contribution in [0.15, 0.2) is 90.5 Å². The van der Waals surface area contributed by atoms with Crippen LogP contribution in [0.5, 0.6) is 0 Å². The van der Waals surface area contributed by atoms with Gasteiger partial charge in [-0.05, 0) is 73.9 Å². The van der Waals surface area contributed by atoms with Crippen LogP contribution in [0.4, 0.5) is 10.5 Å². The lowest BCUT2D eigenvalue weighted by Crippen LogP contribution is -2.54. The second-order valence-electron chi connectivity index (χ2n) is 8.87. The molecule has 0 radical (unpaired) electrons. The van der Waals surface area contributed by atoms with Gasteiger partial charge in [0.25, 0.3) is 11.8 Å². The minimum absolute atomic E-state index is 0.0881. The third-order valence-electron chi connectivity index (χ3n) is 6.40. The van der Waals surface area contributed by atoms with E-state index >= 15 is 0 Å². The van der Waals surface area contributed by atoms with Crippen molar-refractivity contribution in [2.75, 3.05) is 4.90 Å². The van der Waals surface area contributed by atoms with Crippen molar-refractivity contribution in [2.24, 2.45) is 0 Å². The molecule has 5 rings (SSSR count). The molecule has 1 saturated heterocycles. The highest BCUT2D eigenvalue weighted by Crippen LogP contribution is 2.27. The number of amides is 4. The van der Waals surface area contributed by atoms with Crippen LogP contribution in [0.2, 0.25) is 0 Å². The van der Waals surface area contributed by atoms with Gasteiger partial charge in [0.2, 0.25) is 0 Å². The van der Waals surface area contributed by atoms with E-state index in [-0.39, 0.29) is 5.57 Å². The van der Waals surface area contributed by atoms with Crippen molar-refractivity contribution in [3.8, 4) is 16.8 Å². The molecular weight excluding hydrogens is 450 g/mol. The maximum absolute atomic E-state index is 13.3. The van der Waals surface area contributed by atoms with E-state index in [1.165, 1.54) is 0 Å². The summed E-state index contributed by atoms with van der Waals surface area (Å²) in [6.45, 7) is 5.84. The van der Waals surface area contributed by atoms with Gasteiger partial charge < -0.3 is 4.57 Å². The summed E-state index contributed by atoms with van der Waals surface area (Å²) in [6.07, 6.45) is 1.56. The normalized spacial score (nSPS) is 14.9. The van der Waals surface area contributed by atoms with Crippen molar-refractivity contribution in [3.63, 3.8) is 0 Å². The largest absolute Gasteiger partial charge is 0.335 e. The van der Waals surface area contributed by atoms with Gasteiger partial charge >= 0.3 is 6.03 Å². The zero-order chi connectivity index (χ0) is 25.4. The van der Waals surface area contributed by atoms with Crippen molar-refractivity contribution in [2.45, 2.75) is 20.8 Å². The molecule has 178 valence electrons. The number of nitrogens with one attached hydrogen (secondary N) is 1. The molecule has 1 aromatic heterocycles. The Morgan fingerprint density at radius 2 is 1.33 bits per heavy atom. The molecule has 1 aliphatic rings. The Kier molecular flexibility index (Phi) is 5.86. The topological polar surface area (TPSA) is 71.4 Å². The Morgan fingerprint density at radius 3 is 2.00 bits per heavy atom. The first-order valence-electron chi connectivity index (χ1n) is 11.7.